The van der Waals surface area contributed by atoms with Crippen LogP contribution in [-0.4, -0.2) is 26.1 Å². The molecule has 0 saturated carbocycles. The van der Waals surface area contributed by atoms with Crippen LogP contribution in [0.5, 0.6) is 0 Å². The monoisotopic (exact) mass is 311 g/mol. The molecule has 0 spiro atoms. The van der Waals surface area contributed by atoms with E-state index in [-0.39, 0.29) is 17.8 Å². The maximum absolute atomic E-state index is 12.9. The van der Waals surface area contributed by atoms with E-state index >= 15 is 0 Å². The van der Waals surface area contributed by atoms with Crippen LogP contribution in [-0.2, 0) is 0 Å². The van der Waals surface area contributed by atoms with E-state index in [1.54, 1.807) is 36.4 Å². The molecule has 1 amide bonds. The molecule has 1 aromatic heterocycles. The molecular formula is C16H14FN5O. The van der Waals surface area contributed by atoms with Crippen LogP contribution in [0.3, 0.4) is 0 Å². The molecule has 0 unspecified atom stereocenters. The van der Waals surface area contributed by atoms with Crippen LogP contribution in [0.15, 0.2) is 54.9 Å². The van der Waals surface area contributed by atoms with Crippen molar-refractivity contribution in [2.24, 2.45) is 0 Å². The maximum Gasteiger partial charge on any atom is 0.251 e. The number of benzene rings is 2. The first kappa shape index (κ1) is 14.8. The SMILES string of the molecule is C[C@@H](NC(=O)c1ccc(-n2cnnn2)cc1)c1ccc(F)cc1. The van der Waals surface area contributed by atoms with Crippen molar-refractivity contribution in [3.63, 3.8) is 0 Å². The molecule has 0 aliphatic heterocycles. The predicted molar refractivity (Wildman–Crippen MR) is 81.4 cm³/mol. The molecule has 23 heavy (non-hydrogen) atoms. The topological polar surface area (TPSA) is 72.7 Å². The number of halogens is 1. The Kier molecular flexibility index (Phi) is 4.09. The molecule has 0 fully saturated rings. The molecule has 1 heterocycles. The number of carbonyl (C=O) groups excluding carboxylic acids is 1. The van der Waals surface area contributed by atoms with Gasteiger partial charge in [0.2, 0.25) is 0 Å². The first-order valence-electron chi connectivity index (χ1n) is 7.03. The van der Waals surface area contributed by atoms with E-state index in [0.717, 1.165) is 11.3 Å². The minimum atomic E-state index is -0.300. The molecule has 1 N–H and O–H groups in total. The number of tetrazole rings is 1. The normalized spacial score (nSPS) is 11.9. The fraction of sp³-hybridized carbons (Fsp3) is 0.125. The summed E-state index contributed by atoms with van der Waals surface area (Å²) in [7, 11) is 0. The van der Waals surface area contributed by atoms with E-state index in [4.69, 9.17) is 0 Å². The number of amides is 1. The third-order valence-corrected chi connectivity index (χ3v) is 3.46. The number of hydrogen-bond donors (Lipinski definition) is 1. The zero-order valence-electron chi connectivity index (χ0n) is 12.3. The highest BCUT2D eigenvalue weighted by Gasteiger charge is 2.11. The summed E-state index contributed by atoms with van der Waals surface area (Å²) in [6, 6.07) is 12.7. The number of rotatable bonds is 4. The number of nitrogens with zero attached hydrogens (tertiary/aromatic N) is 4. The molecule has 1 atom stereocenters. The minimum Gasteiger partial charge on any atom is -0.346 e. The van der Waals surface area contributed by atoms with Crippen LogP contribution in [0, 0.1) is 5.82 Å². The average Bonchev–Trinajstić information content (AvgIpc) is 3.10. The smallest absolute Gasteiger partial charge is 0.251 e. The van der Waals surface area contributed by atoms with Gasteiger partial charge in [-0.2, -0.15) is 0 Å². The van der Waals surface area contributed by atoms with Crippen molar-refractivity contribution >= 4 is 5.91 Å². The van der Waals surface area contributed by atoms with Crippen molar-refractivity contribution in [2.45, 2.75) is 13.0 Å². The lowest BCUT2D eigenvalue weighted by atomic mass is 10.1. The molecule has 2 aromatic carbocycles. The van der Waals surface area contributed by atoms with Gasteiger partial charge in [-0.3, -0.25) is 4.79 Å². The van der Waals surface area contributed by atoms with Crippen LogP contribution < -0.4 is 5.32 Å². The first-order chi connectivity index (χ1) is 11.1. The van der Waals surface area contributed by atoms with Gasteiger partial charge in [0.15, 0.2) is 0 Å². The van der Waals surface area contributed by atoms with Gasteiger partial charge in [-0.15, -0.1) is 5.10 Å². The molecule has 3 rings (SSSR count). The predicted octanol–water partition coefficient (Wildman–Crippen LogP) is 2.29. The third-order valence-electron chi connectivity index (χ3n) is 3.46. The van der Waals surface area contributed by atoms with Crippen LogP contribution in [0.25, 0.3) is 5.69 Å². The number of hydrogen-bond acceptors (Lipinski definition) is 4. The fourth-order valence-corrected chi connectivity index (χ4v) is 2.16. The highest BCUT2D eigenvalue weighted by molar-refractivity contribution is 5.94. The Morgan fingerprint density at radius 2 is 1.83 bits per heavy atom. The van der Waals surface area contributed by atoms with Gasteiger partial charge in [-0.05, 0) is 59.3 Å². The lowest BCUT2D eigenvalue weighted by Crippen LogP contribution is -2.26. The summed E-state index contributed by atoms with van der Waals surface area (Å²) in [6.07, 6.45) is 1.48. The second kappa shape index (κ2) is 6.35. The van der Waals surface area contributed by atoms with Crippen molar-refractivity contribution in [3.05, 3.63) is 71.8 Å². The van der Waals surface area contributed by atoms with E-state index in [1.165, 1.54) is 23.1 Å². The molecule has 3 aromatic rings. The number of aromatic nitrogens is 4. The molecule has 116 valence electrons. The Hall–Kier alpha value is -3.09. The zero-order valence-corrected chi connectivity index (χ0v) is 12.3. The van der Waals surface area contributed by atoms with Gasteiger partial charge in [0.25, 0.3) is 5.91 Å². The van der Waals surface area contributed by atoms with Crippen LogP contribution in [0.4, 0.5) is 4.39 Å². The van der Waals surface area contributed by atoms with Crippen molar-refractivity contribution in [1.29, 1.82) is 0 Å². The van der Waals surface area contributed by atoms with Crippen LogP contribution in [0.1, 0.15) is 28.9 Å². The Labute approximate surface area is 132 Å². The summed E-state index contributed by atoms with van der Waals surface area (Å²) in [4.78, 5) is 12.3. The Balaban J connectivity index is 1.69. The lowest BCUT2D eigenvalue weighted by Gasteiger charge is -2.14. The van der Waals surface area contributed by atoms with Gasteiger partial charge < -0.3 is 5.32 Å². The van der Waals surface area contributed by atoms with Crippen molar-refractivity contribution < 1.29 is 9.18 Å². The average molecular weight is 311 g/mol. The second-order valence-electron chi connectivity index (χ2n) is 5.05. The summed E-state index contributed by atoms with van der Waals surface area (Å²) in [6.45, 7) is 1.85. The van der Waals surface area contributed by atoms with E-state index in [2.05, 4.69) is 20.8 Å². The lowest BCUT2D eigenvalue weighted by molar-refractivity contribution is 0.0940. The fourth-order valence-electron chi connectivity index (χ4n) is 2.16. The molecule has 7 heteroatoms. The van der Waals surface area contributed by atoms with Gasteiger partial charge in [0, 0.05) is 5.56 Å². The minimum absolute atomic E-state index is 0.204. The summed E-state index contributed by atoms with van der Waals surface area (Å²) < 4.78 is 14.4. The highest BCUT2D eigenvalue weighted by atomic mass is 19.1. The van der Waals surface area contributed by atoms with Gasteiger partial charge in [-0.1, -0.05) is 12.1 Å². The summed E-state index contributed by atoms with van der Waals surface area (Å²) in [5.41, 5.74) is 2.12. The van der Waals surface area contributed by atoms with Gasteiger partial charge in [0.1, 0.15) is 12.1 Å². The number of nitrogens with one attached hydrogen (secondary N) is 1. The second-order valence-corrected chi connectivity index (χ2v) is 5.05. The van der Waals surface area contributed by atoms with E-state index in [1.807, 2.05) is 6.92 Å². The zero-order chi connectivity index (χ0) is 16.2. The Bertz CT molecular complexity index is 784. The van der Waals surface area contributed by atoms with Crippen LogP contribution in [0.2, 0.25) is 0 Å². The van der Waals surface area contributed by atoms with Gasteiger partial charge >= 0.3 is 0 Å². The Morgan fingerprint density at radius 1 is 1.13 bits per heavy atom. The van der Waals surface area contributed by atoms with E-state index in [9.17, 15) is 9.18 Å². The van der Waals surface area contributed by atoms with Gasteiger partial charge in [0.05, 0.1) is 11.7 Å². The van der Waals surface area contributed by atoms with Crippen LogP contribution >= 0.6 is 0 Å². The summed E-state index contributed by atoms with van der Waals surface area (Å²) in [5.74, 6) is -0.504. The number of carbonyl (C=O) groups is 1. The van der Waals surface area contributed by atoms with Crippen molar-refractivity contribution in [1.82, 2.24) is 25.5 Å². The van der Waals surface area contributed by atoms with E-state index < -0.39 is 0 Å². The Morgan fingerprint density at radius 3 is 2.43 bits per heavy atom. The molecule has 0 bridgehead atoms. The standard InChI is InChI=1S/C16H14FN5O/c1-11(12-2-6-14(17)7-3-12)19-16(23)13-4-8-15(9-5-13)22-10-18-20-21-22/h2-11H,1H3,(H,19,23)/t11-/m1/s1. The largest absolute Gasteiger partial charge is 0.346 e. The van der Waals surface area contributed by atoms with E-state index in [0.29, 0.717) is 5.56 Å². The van der Waals surface area contributed by atoms with Crippen molar-refractivity contribution in [2.75, 3.05) is 0 Å². The molecule has 6 nitrogen and oxygen atoms in total. The summed E-state index contributed by atoms with van der Waals surface area (Å²) in [5, 5.41) is 13.8. The van der Waals surface area contributed by atoms with Crippen molar-refractivity contribution in [3.8, 4) is 5.69 Å². The quantitative estimate of drug-likeness (QED) is 0.802. The molecule has 0 radical (unpaired) electrons. The molecule has 0 aliphatic rings. The first-order valence-corrected chi connectivity index (χ1v) is 7.03. The molecule has 0 saturated heterocycles. The highest BCUT2D eigenvalue weighted by Crippen LogP contribution is 2.14. The third kappa shape index (κ3) is 3.39. The maximum atomic E-state index is 12.9. The molecular weight excluding hydrogens is 297 g/mol. The summed E-state index contributed by atoms with van der Waals surface area (Å²) >= 11 is 0. The van der Waals surface area contributed by atoms with Gasteiger partial charge in [-0.25, -0.2) is 9.07 Å². The molecule has 0 aliphatic carbocycles.